The number of hydrogen-bond acceptors (Lipinski definition) is 4. The predicted molar refractivity (Wildman–Crippen MR) is 104 cm³/mol. The molecule has 3 heterocycles. The summed E-state index contributed by atoms with van der Waals surface area (Å²) in [7, 11) is 0. The molecule has 0 aliphatic rings. The molecular weight excluding hydrogens is 340 g/mol. The van der Waals surface area contributed by atoms with E-state index in [1.54, 1.807) is 0 Å². The van der Waals surface area contributed by atoms with E-state index in [9.17, 15) is 4.79 Å². The maximum Gasteiger partial charge on any atom is 0.229 e. The first-order valence-electron chi connectivity index (χ1n) is 8.78. The van der Waals surface area contributed by atoms with Gasteiger partial charge in [0.15, 0.2) is 0 Å². The highest BCUT2D eigenvalue weighted by Gasteiger charge is 2.16. The molecule has 3 aromatic heterocycles. The number of benzene rings is 1. The average molecular weight is 360 g/mol. The number of imidazole rings is 1. The van der Waals surface area contributed by atoms with E-state index >= 15 is 0 Å². The minimum atomic E-state index is -0.114. The van der Waals surface area contributed by atoms with E-state index in [1.165, 1.54) is 0 Å². The Morgan fingerprint density at radius 1 is 1.15 bits per heavy atom. The van der Waals surface area contributed by atoms with Crippen LogP contribution in [0.4, 0.5) is 5.69 Å². The Morgan fingerprint density at radius 3 is 2.70 bits per heavy atom. The summed E-state index contributed by atoms with van der Waals surface area (Å²) >= 11 is 0. The van der Waals surface area contributed by atoms with Crippen LogP contribution in [-0.4, -0.2) is 20.4 Å². The van der Waals surface area contributed by atoms with Gasteiger partial charge < -0.3 is 14.2 Å². The van der Waals surface area contributed by atoms with Crippen LogP contribution in [0.25, 0.3) is 16.9 Å². The number of pyridine rings is 1. The van der Waals surface area contributed by atoms with Crippen molar-refractivity contribution in [2.45, 2.75) is 27.2 Å². The highest BCUT2D eigenvalue weighted by Crippen LogP contribution is 2.28. The number of rotatable bonds is 4. The van der Waals surface area contributed by atoms with E-state index in [0.29, 0.717) is 5.76 Å². The second-order valence-corrected chi connectivity index (χ2v) is 6.62. The maximum atomic E-state index is 12.6. The number of carbonyl (C=O) groups is 1. The smallest absolute Gasteiger partial charge is 0.229 e. The quantitative estimate of drug-likeness (QED) is 0.595. The zero-order chi connectivity index (χ0) is 19.0. The summed E-state index contributed by atoms with van der Waals surface area (Å²) in [5, 5.41) is 6.91. The van der Waals surface area contributed by atoms with Gasteiger partial charge in [-0.3, -0.25) is 4.79 Å². The summed E-state index contributed by atoms with van der Waals surface area (Å²) in [6, 6.07) is 11.7. The van der Waals surface area contributed by atoms with Crippen molar-refractivity contribution in [1.82, 2.24) is 14.5 Å². The third-order valence-corrected chi connectivity index (χ3v) is 4.67. The molecule has 0 aliphatic carbocycles. The summed E-state index contributed by atoms with van der Waals surface area (Å²) in [6.45, 7) is 5.69. The number of nitrogens with zero attached hydrogens (tertiary/aromatic N) is 3. The molecule has 0 unspecified atom stereocenters. The number of fused-ring (bicyclic) bond motifs is 1. The van der Waals surface area contributed by atoms with Crippen molar-refractivity contribution in [3.8, 4) is 11.3 Å². The van der Waals surface area contributed by atoms with Crippen molar-refractivity contribution in [2.75, 3.05) is 5.32 Å². The Balaban J connectivity index is 1.64. The predicted octanol–water partition coefficient (Wildman–Crippen LogP) is 4.10. The first-order chi connectivity index (χ1) is 13.0. The molecule has 6 nitrogen and oxygen atoms in total. The molecule has 0 radical (unpaired) electrons. The largest absolute Gasteiger partial charge is 0.361 e. The fraction of sp³-hybridized carbons (Fsp3) is 0.190. The standard InChI is InChI=1S/C21H20N4O2/c1-13-7-6-10-25-12-19(23-21(13)25)16-8-4-5-9-18(16)22-20(26)11-17-14(2)24-27-15(17)3/h4-10,12H,11H2,1-3H3,(H,22,26). The van der Waals surface area contributed by atoms with E-state index in [2.05, 4.69) is 10.5 Å². The zero-order valence-corrected chi connectivity index (χ0v) is 15.5. The van der Waals surface area contributed by atoms with Gasteiger partial charge in [-0.2, -0.15) is 0 Å². The van der Waals surface area contributed by atoms with Crippen molar-refractivity contribution in [3.05, 3.63) is 71.4 Å². The van der Waals surface area contributed by atoms with Crippen molar-refractivity contribution < 1.29 is 9.32 Å². The van der Waals surface area contributed by atoms with Crippen LogP contribution in [0.15, 0.2) is 53.3 Å². The minimum Gasteiger partial charge on any atom is -0.361 e. The summed E-state index contributed by atoms with van der Waals surface area (Å²) < 4.78 is 7.13. The van der Waals surface area contributed by atoms with Gasteiger partial charge in [0.2, 0.25) is 5.91 Å². The number of hydrogen-bond donors (Lipinski definition) is 1. The number of amides is 1. The van der Waals surface area contributed by atoms with Gasteiger partial charge in [0.25, 0.3) is 0 Å². The molecular formula is C21H20N4O2. The van der Waals surface area contributed by atoms with Gasteiger partial charge >= 0.3 is 0 Å². The van der Waals surface area contributed by atoms with Crippen LogP contribution in [0.3, 0.4) is 0 Å². The lowest BCUT2D eigenvalue weighted by molar-refractivity contribution is -0.115. The molecule has 4 rings (SSSR count). The normalized spacial score (nSPS) is 11.1. The third kappa shape index (κ3) is 3.21. The van der Waals surface area contributed by atoms with Crippen LogP contribution in [0.5, 0.6) is 0 Å². The van der Waals surface area contributed by atoms with Gasteiger partial charge in [-0.25, -0.2) is 4.98 Å². The Morgan fingerprint density at radius 2 is 1.96 bits per heavy atom. The molecule has 4 aromatic rings. The Labute approximate surface area is 156 Å². The fourth-order valence-corrected chi connectivity index (χ4v) is 3.21. The molecule has 136 valence electrons. The van der Waals surface area contributed by atoms with Crippen LogP contribution in [-0.2, 0) is 11.2 Å². The second-order valence-electron chi connectivity index (χ2n) is 6.62. The average Bonchev–Trinajstić information content (AvgIpc) is 3.22. The van der Waals surface area contributed by atoms with Crippen LogP contribution in [0, 0.1) is 20.8 Å². The molecule has 27 heavy (non-hydrogen) atoms. The molecule has 6 heteroatoms. The highest BCUT2D eigenvalue weighted by molar-refractivity contribution is 5.96. The lowest BCUT2D eigenvalue weighted by Gasteiger charge is -2.09. The molecule has 0 spiro atoms. The van der Waals surface area contributed by atoms with Crippen molar-refractivity contribution in [1.29, 1.82) is 0 Å². The lowest BCUT2D eigenvalue weighted by atomic mass is 10.1. The Hall–Kier alpha value is -3.41. The first-order valence-corrected chi connectivity index (χ1v) is 8.78. The monoisotopic (exact) mass is 360 g/mol. The highest BCUT2D eigenvalue weighted by atomic mass is 16.5. The summed E-state index contributed by atoms with van der Waals surface area (Å²) in [6.07, 6.45) is 4.17. The number of nitrogens with one attached hydrogen (secondary N) is 1. The second kappa shape index (κ2) is 6.72. The van der Waals surface area contributed by atoms with Crippen LogP contribution in [0.1, 0.15) is 22.6 Å². The van der Waals surface area contributed by atoms with Gasteiger partial charge in [0.05, 0.1) is 23.5 Å². The van der Waals surface area contributed by atoms with Crippen molar-refractivity contribution in [2.24, 2.45) is 0 Å². The van der Waals surface area contributed by atoms with Crippen LogP contribution in [0.2, 0.25) is 0 Å². The van der Waals surface area contributed by atoms with E-state index in [0.717, 1.165) is 39.4 Å². The zero-order valence-electron chi connectivity index (χ0n) is 15.5. The molecule has 0 saturated heterocycles. The fourth-order valence-electron chi connectivity index (χ4n) is 3.21. The molecule has 0 atom stereocenters. The van der Waals surface area contributed by atoms with E-state index in [4.69, 9.17) is 9.51 Å². The minimum absolute atomic E-state index is 0.114. The van der Waals surface area contributed by atoms with Gasteiger partial charge in [-0.1, -0.05) is 29.4 Å². The number of anilines is 1. The van der Waals surface area contributed by atoms with Crippen molar-refractivity contribution >= 4 is 17.2 Å². The topological polar surface area (TPSA) is 72.4 Å². The van der Waals surface area contributed by atoms with Gasteiger partial charge in [0.1, 0.15) is 11.4 Å². The van der Waals surface area contributed by atoms with Crippen LogP contribution < -0.4 is 5.32 Å². The van der Waals surface area contributed by atoms with Gasteiger partial charge in [-0.15, -0.1) is 0 Å². The molecule has 1 N–H and O–H groups in total. The Kier molecular flexibility index (Phi) is 4.24. The third-order valence-electron chi connectivity index (χ3n) is 4.67. The van der Waals surface area contributed by atoms with Gasteiger partial charge in [-0.05, 0) is 38.5 Å². The summed E-state index contributed by atoms with van der Waals surface area (Å²) in [5.74, 6) is 0.559. The summed E-state index contributed by atoms with van der Waals surface area (Å²) in [4.78, 5) is 17.3. The van der Waals surface area contributed by atoms with Gasteiger partial charge in [0, 0.05) is 23.5 Å². The number of para-hydroxylation sites is 1. The Bertz CT molecular complexity index is 1120. The molecule has 1 aromatic carbocycles. The lowest BCUT2D eigenvalue weighted by Crippen LogP contribution is -2.15. The summed E-state index contributed by atoms with van der Waals surface area (Å²) in [5.41, 5.74) is 6.01. The van der Waals surface area contributed by atoms with E-state index < -0.39 is 0 Å². The molecule has 0 aliphatic heterocycles. The van der Waals surface area contributed by atoms with Crippen molar-refractivity contribution in [3.63, 3.8) is 0 Å². The maximum absolute atomic E-state index is 12.6. The number of carbonyl (C=O) groups excluding carboxylic acids is 1. The molecule has 1 amide bonds. The number of aromatic nitrogens is 3. The molecule has 0 bridgehead atoms. The van der Waals surface area contributed by atoms with E-state index in [-0.39, 0.29) is 12.3 Å². The van der Waals surface area contributed by atoms with E-state index in [1.807, 2.05) is 74.0 Å². The molecule has 0 saturated carbocycles. The van der Waals surface area contributed by atoms with Crippen LogP contribution >= 0.6 is 0 Å². The molecule has 0 fully saturated rings. The first kappa shape index (κ1) is 17.0. The number of aryl methyl sites for hydroxylation is 3. The SMILES string of the molecule is Cc1noc(C)c1CC(=O)Nc1ccccc1-c1cn2cccc(C)c2n1.